The van der Waals surface area contributed by atoms with Crippen LogP contribution >= 0.6 is 11.3 Å². The van der Waals surface area contributed by atoms with Crippen LogP contribution in [-0.2, 0) is 10.0 Å². The van der Waals surface area contributed by atoms with Gasteiger partial charge < -0.3 is 10.6 Å². The highest BCUT2D eigenvalue weighted by atomic mass is 32.2. The van der Waals surface area contributed by atoms with E-state index in [9.17, 15) is 8.42 Å². The molecule has 0 aromatic carbocycles. The summed E-state index contributed by atoms with van der Waals surface area (Å²) in [5.41, 5.74) is 5.38. The Hall–Kier alpha value is -0.770. The van der Waals surface area contributed by atoms with Crippen LogP contribution in [0.1, 0.15) is 12.8 Å². The number of sulfonamides is 1. The van der Waals surface area contributed by atoms with Crippen LogP contribution in [0.4, 0.5) is 5.13 Å². The number of rotatable bonds is 4. The van der Waals surface area contributed by atoms with Gasteiger partial charge in [0.25, 0.3) is 10.0 Å². The van der Waals surface area contributed by atoms with Crippen molar-refractivity contribution in [2.24, 2.45) is 5.92 Å². The Morgan fingerprint density at radius 3 is 2.67 bits per heavy atom. The maximum absolute atomic E-state index is 11.9. The van der Waals surface area contributed by atoms with Crippen molar-refractivity contribution < 1.29 is 8.42 Å². The van der Waals surface area contributed by atoms with Gasteiger partial charge in [-0.15, -0.1) is 10.2 Å². The summed E-state index contributed by atoms with van der Waals surface area (Å²) in [5, 5.41) is 7.22. The normalized spacial score (nSPS) is 19.2. The van der Waals surface area contributed by atoms with Crippen LogP contribution in [0, 0.1) is 5.92 Å². The van der Waals surface area contributed by atoms with E-state index in [1.54, 1.807) is 0 Å². The number of aromatic nitrogens is 2. The van der Waals surface area contributed by atoms with Gasteiger partial charge in [0.1, 0.15) is 0 Å². The number of anilines is 1. The molecule has 0 radical (unpaired) electrons. The number of nitrogens with zero attached hydrogens (tertiary/aromatic N) is 3. The molecular weight excluding hydrogens is 274 g/mol. The molecule has 0 bridgehead atoms. The van der Waals surface area contributed by atoms with Gasteiger partial charge in [-0.05, 0) is 38.9 Å². The van der Waals surface area contributed by atoms with Gasteiger partial charge in [-0.1, -0.05) is 11.3 Å². The summed E-state index contributed by atoms with van der Waals surface area (Å²) >= 11 is 0.879. The van der Waals surface area contributed by atoms with Gasteiger partial charge in [0, 0.05) is 6.54 Å². The number of nitrogens with one attached hydrogen (secondary N) is 1. The van der Waals surface area contributed by atoms with E-state index in [-0.39, 0.29) is 9.47 Å². The van der Waals surface area contributed by atoms with Gasteiger partial charge in [-0.2, -0.15) is 0 Å². The first-order chi connectivity index (χ1) is 8.47. The summed E-state index contributed by atoms with van der Waals surface area (Å²) in [6, 6.07) is 0. The third-order valence-corrected chi connectivity index (χ3v) is 5.60. The zero-order valence-corrected chi connectivity index (χ0v) is 11.8. The van der Waals surface area contributed by atoms with Gasteiger partial charge >= 0.3 is 0 Å². The monoisotopic (exact) mass is 291 g/mol. The Morgan fingerprint density at radius 1 is 1.44 bits per heavy atom. The van der Waals surface area contributed by atoms with Crippen LogP contribution in [0.5, 0.6) is 0 Å². The highest BCUT2D eigenvalue weighted by Gasteiger charge is 2.23. The maximum atomic E-state index is 11.9. The minimum atomic E-state index is -3.55. The molecule has 2 rings (SSSR count). The first-order valence-corrected chi connectivity index (χ1v) is 8.04. The molecule has 9 heteroatoms. The standard InChI is InChI=1S/C9H17N5O2S2/c1-14-4-2-7(3-5-14)6-11-18(15,16)9-13-12-8(10)17-9/h7,11H,2-6H2,1H3,(H2,10,12). The van der Waals surface area contributed by atoms with Crippen LogP contribution in [0.3, 0.4) is 0 Å². The molecule has 2 heterocycles. The van der Waals surface area contributed by atoms with Crippen LogP contribution < -0.4 is 10.5 Å². The van der Waals surface area contributed by atoms with Crippen molar-refractivity contribution in [2.75, 3.05) is 32.4 Å². The summed E-state index contributed by atoms with van der Waals surface area (Å²) in [4.78, 5) is 2.25. The van der Waals surface area contributed by atoms with Gasteiger partial charge in [0.05, 0.1) is 0 Å². The van der Waals surface area contributed by atoms with Crippen molar-refractivity contribution in [3.63, 3.8) is 0 Å². The molecule has 102 valence electrons. The molecule has 0 aliphatic carbocycles. The molecule has 3 N–H and O–H groups in total. The van der Waals surface area contributed by atoms with E-state index >= 15 is 0 Å². The van der Waals surface area contributed by atoms with Crippen molar-refractivity contribution >= 4 is 26.5 Å². The third-order valence-electron chi connectivity index (χ3n) is 3.05. The fourth-order valence-electron chi connectivity index (χ4n) is 1.88. The second-order valence-corrected chi connectivity index (χ2v) is 7.45. The summed E-state index contributed by atoms with van der Waals surface area (Å²) in [6.45, 7) is 2.48. The Kier molecular flexibility index (Phi) is 4.15. The summed E-state index contributed by atoms with van der Waals surface area (Å²) in [7, 11) is -1.48. The summed E-state index contributed by atoms with van der Waals surface area (Å²) in [6.07, 6.45) is 2.02. The Labute approximate surface area is 110 Å². The predicted molar refractivity (Wildman–Crippen MR) is 69.7 cm³/mol. The van der Waals surface area contributed by atoms with E-state index in [0.29, 0.717) is 12.5 Å². The smallest absolute Gasteiger partial charge is 0.269 e. The lowest BCUT2D eigenvalue weighted by Crippen LogP contribution is -2.36. The van der Waals surface area contributed by atoms with Crippen LogP contribution in [0.15, 0.2) is 4.34 Å². The molecule has 0 spiro atoms. The average molecular weight is 291 g/mol. The van der Waals surface area contributed by atoms with E-state index in [0.717, 1.165) is 37.3 Å². The molecule has 0 amide bonds. The molecule has 0 saturated carbocycles. The van der Waals surface area contributed by atoms with E-state index in [2.05, 4.69) is 26.9 Å². The Bertz CT molecular complexity index is 493. The highest BCUT2D eigenvalue weighted by Crippen LogP contribution is 2.18. The predicted octanol–water partition coefficient (Wildman–Crippen LogP) is -0.260. The Balaban J connectivity index is 1.90. The number of nitrogen functional groups attached to an aromatic ring is 1. The van der Waals surface area contributed by atoms with Crippen LogP contribution in [0.25, 0.3) is 0 Å². The van der Waals surface area contributed by atoms with E-state index in [4.69, 9.17) is 5.73 Å². The molecule has 0 unspecified atom stereocenters. The van der Waals surface area contributed by atoms with Crippen LogP contribution in [0.2, 0.25) is 0 Å². The largest absolute Gasteiger partial charge is 0.374 e. The van der Waals surface area contributed by atoms with Crippen LogP contribution in [-0.4, -0.2) is 50.2 Å². The zero-order valence-electron chi connectivity index (χ0n) is 10.2. The number of hydrogen-bond acceptors (Lipinski definition) is 7. The highest BCUT2D eigenvalue weighted by molar-refractivity contribution is 7.91. The van der Waals surface area contributed by atoms with Crippen molar-refractivity contribution in [3.05, 3.63) is 0 Å². The fraction of sp³-hybridized carbons (Fsp3) is 0.778. The molecule has 7 nitrogen and oxygen atoms in total. The molecule has 1 fully saturated rings. The molecular formula is C9H17N5O2S2. The average Bonchev–Trinajstić information content (AvgIpc) is 2.76. The number of likely N-dealkylation sites (tertiary alicyclic amines) is 1. The lowest BCUT2D eigenvalue weighted by atomic mass is 9.98. The first-order valence-electron chi connectivity index (χ1n) is 5.74. The van der Waals surface area contributed by atoms with Gasteiger partial charge in [-0.3, -0.25) is 0 Å². The zero-order chi connectivity index (χ0) is 13.2. The second-order valence-electron chi connectivity index (χ2n) is 4.50. The van der Waals surface area contributed by atoms with E-state index in [1.165, 1.54) is 0 Å². The number of piperidine rings is 1. The molecule has 0 atom stereocenters. The van der Waals surface area contributed by atoms with Crippen molar-refractivity contribution in [2.45, 2.75) is 17.2 Å². The Morgan fingerprint density at radius 2 is 2.11 bits per heavy atom. The fourth-order valence-corrected chi connectivity index (χ4v) is 3.83. The van der Waals surface area contributed by atoms with E-state index < -0.39 is 10.0 Å². The van der Waals surface area contributed by atoms with Gasteiger partial charge in [0.15, 0.2) is 0 Å². The number of hydrogen-bond donors (Lipinski definition) is 2. The lowest BCUT2D eigenvalue weighted by Gasteiger charge is -2.28. The molecule has 18 heavy (non-hydrogen) atoms. The second kappa shape index (κ2) is 5.47. The van der Waals surface area contributed by atoms with Crippen molar-refractivity contribution in [1.29, 1.82) is 0 Å². The molecule has 1 saturated heterocycles. The van der Waals surface area contributed by atoms with Gasteiger partial charge in [-0.25, -0.2) is 13.1 Å². The van der Waals surface area contributed by atoms with E-state index in [1.807, 2.05) is 0 Å². The number of nitrogens with two attached hydrogens (primary N) is 1. The minimum Gasteiger partial charge on any atom is -0.374 e. The molecule has 1 aliphatic rings. The topological polar surface area (TPSA) is 101 Å². The van der Waals surface area contributed by atoms with Gasteiger partial charge in [0.2, 0.25) is 9.47 Å². The van der Waals surface area contributed by atoms with Crippen molar-refractivity contribution in [1.82, 2.24) is 19.8 Å². The summed E-state index contributed by atoms with van der Waals surface area (Å²) in [5.74, 6) is 0.390. The first kappa shape index (κ1) is 13.7. The SMILES string of the molecule is CN1CCC(CNS(=O)(=O)c2nnc(N)s2)CC1. The quantitative estimate of drug-likeness (QED) is 0.792. The third kappa shape index (κ3) is 3.37. The summed E-state index contributed by atoms with van der Waals surface area (Å²) < 4.78 is 26.3. The van der Waals surface area contributed by atoms with Crippen molar-refractivity contribution in [3.8, 4) is 0 Å². The maximum Gasteiger partial charge on any atom is 0.269 e. The minimum absolute atomic E-state index is 0.0621. The molecule has 1 aromatic rings. The lowest BCUT2D eigenvalue weighted by molar-refractivity contribution is 0.220. The molecule has 1 aliphatic heterocycles. The molecule has 1 aromatic heterocycles.